The van der Waals surface area contributed by atoms with Crippen molar-refractivity contribution in [2.24, 2.45) is 0 Å². The van der Waals surface area contributed by atoms with E-state index >= 15 is 0 Å². The molecule has 0 radical (unpaired) electrons. The monoisotopic (exact) mass is 404 g/mol. The molecule has 1 saturated heterocycles. The zero-order valence-corrected chi connectivity index (χ0v) is 17.2. The van der Waals surface area contributed by atoms with Gasteiger partial charge in [-0.2, -0.15) is 0 Å². The number of thioether (sulfide) groups is 1. The summed E-state index contributed by atoms with van der Waals surface area (Å²) in [4.78, 5) is 14.8. The maximum atomic E-state index is 12.9. The molecule has 0 bridgehead atoms. The van der Waals surface area contributed by atoms with Crippen LogP contribution in [0.15, 0.2) is 78.9 Å². The van der Waals surface area contributed by atoms with Crippen molar-refractivity contribution in [2.75, 3.05) is 17.6 Å². The average Bonchev–Trinajstić information content (AvgIpc) is 3.25. The lowest BCUT2D eigenvalue weighted by atomic mass is 10.1. The van der Waals surface area contributed by atoms with Gasteiger partial charge in [0.05, 0.1) is 0 Å². The summed E-state index contributed by atoms with van der Waals surface area (Å²) in [7, 11) is 0. The van der Waals surface area contributed by atoms with Gasteiger partial charge in [0, 0.05) is 18.0 Å². The molecule has 1 heterocycles. The van der Waals surface area contributed by atoms with Crippen LogP contribution in [0.25, 0.3) is 0 Å². The number of anilines is 1. The first-order valence-corrected chi connectivity index (χ1v) is 10.9. The summed E-state index contributed by atoms with van der Waals surface area (Å²) in [5, 5.41) is 3.01. The molecule has 0 aliphatic carbocycles. The second kappa shape index (κ2) is 9.05. The Hall–Kier alpha value is -2.92. The maximum absolute atomic E-state index is 12.9. The molecule has 1 N–H and O–H groups in total. The Morgan fingerprint density at radius 2 is 1.79 bits per heavy atom. The number of hydrogen-bond acceptors (Lipinski definition) is 3. The number of benzene rings is 3. The van der Waals surface area contributed by atoms with E-state index in [0.29, 0.717) is 0 Å². The first kappa shape index (κ1) is 19.4. The summed E-state index contributed by atoms with van der Waals surface area (Å²) in [5.74, 6) is 2.49. The van der Waals surface area contributed by atoms with E-state index in [0.717, 1.165) is 41.5 Å². The first-order chi connectivity index (χ1) is 14.2. The molecule has 4 rings (SSSR count). The topological polar surface area (TPSA) is 41.6 Å². The van der Waals surface area contributed by atoms with Crippen LogP contribution in [0.5, 0.6) is 11.5 Å². The number of nitrogens with one attached hydrogen (secondary N) is 1. The third kappa shape index (κ3) is 4.74. The van der Waals surface area contributed by atoms with E-state index in [1.165, 1.54) is 5.56 Å². The minimum atomic E-state index is -0.0707. The number of rotatable bonds is 5. The molecule has 0 aromatic heterocycles. The molecule has 1 atom stereocenters. The fraction of sp³-hybridized carbons (Fsp3) is 0.208. The molecule has 1 unspecified atom stereocenters. The number of carbonyl (C=O) groups is 1. The highest BCUT2D eigenvalue weighted by Crippen LogP contribution is 2.39. The van der Waals surface area contributed by atoms with Gasteiger partial charge in [0.2, 0.25) is 0 Å². The minimum absolute atomic E-state index is 0.0239. The van der Waals surface area contributed by atoms with Gasteiger partial charge in [0.1, 0.15) is 16.9 Å². The molecule has 29 heavy (non-hydrogen) atoms. The molecule has 1 fully saturated rings. The van der Waals surface area contributed by atoms with Gasteiger partial charge in [-0.15, -0.1) is 11.8 Å². The predicted molar refractivity (Wildman–Crippen MR) is 120 cm³/mol. The quantitative estimate of drug-likeness (QED) is 0.541. The zero-order valence-electron chi connectivity index (χ0n) is 16.4. The van der Waals surface area contributed by atoms with Gasteiger partial charge >= 0.3 is 6.03 Å². The van der Waals surface area contributed by atoms with Crippen molar-refractivity contribution in [3.05, 3.63) is 90.0 Å². The molecule has 0 spiro atoms. The van der Waals surface area contributed by atoms with Gasteiger partial charge in [-0.1, -0.05) is 49.4 Å². The van der Waals surface area contributed by atoms with Gasteiger partial charge < -0.3 is 15.0 Å². The number of ether oxygens (including phenoxy) is 1. The fourth-order valence-corrected chi connectivity index (χ4v) is 4.57. The molecule has 3 aromatic rings. The van der Waals surface area contributed by atoms with Crippen LogP contribution in [0, 0.1) is 0 Å². The summed E-state index contributed by atoms with van der Waals surface area (Å²) < 4.78 is 5.96. The van der Waals surface area contributed by atoms with E-state index in [4.69, 9.17) is 4.74 Å². The highest BCUT2D eigenvalue weighted by molar-refractivity contribution is 7.99. The Balaban J connectivity index is 1.47. The average molecular weight is 405 g/mol. The maximum Gasteiger partial charge on any atom is 0.323 e. The Bertz CT molecular complexity index is 960. The third-order valence-corrected chi connectivity index (χ3v) is 6.15. The third-order valence-electron chi connectivity index (χ3n) is 4.89. The van der Waals surface area contributed by atoms with E-state index in [9.17, 15) is 4.79 Å². The molecule has 5 heteroatoms. The van der Waals surface area contributed by atoms with Gasteiger partial charge in [-0.3, -0.25) is 0 Å². The van der Waals surface area contributed by atoms with Crippen LogP contribution in [0.3, 0.4) is 0 Å². The largest absolute Gasteiger partial charge is 0.457 e. The predicted octanol–water partition coefficient (Wildman–Crippen LogP) is 6.32. The standard InChI is InChI=1S/C24H24N2O2S/c1-2-18-11-13-20(14-12-18)25-24(27)26-15-16-29-23(26)19-7-6-10-22(17-19)28-21-8-4-3-5-9-21/h3-14,17,23H,2,15-16H2,1H3,(H,25,27). The SMILES string of the molecule is CCc1ccc(NC(=O)N2CCSC2c2cccc(Oc3ccccc3)c2)cc1. The first-order valence-electron chi connectivity index (χ1n) is 9.84. The van der Waals surface area contributed by atoms with E-state index in [1.807, 2.05) is 65.6 Å². The van der Waals surface area contributed by atoms with Crippen LogP contribution in [-0.2, 0) is 6.42 Å². The lowest BCUT2D eigenvalue weighted by Gasteiger charge is -2.25. The minimum Gasteiger partial charge on any atom is -0.457 e. The summed E-state index contributed by atoms with van der Waals surface area (Å²) in [6, 6.07) is 25.7. The number of hydrogen-bond donors (Lipinski definition) is 1. The smallest absolute Gasteiger partial charge is 0.323 e. The van der Waals surface area contributed by atoms with Gasteiger partial charge in [0.15, 0.2) is 0 Å². The molecule has 0 saturated carbocycles. The van der Waals surface area contributed by atoms with E-state index in [2.05, 4.69) is 30.4 Å². The molecule has 1 aliphatic heterocycles. The van der Waals surface area contributed by atoms with E-state index in [-0.39, 0.29) is 11.4 Å². The Morgan fingerprint density at radius 1 is 1.03 bits per heavy atom. The molecule has 4 nitrogen and oxygen atoms in total. The number of aryl methyl sites for hydroxylation is 1. The number of para-hydroxylation sites is 1. The van der Waals surface area contributed by atoms with E-state index in [1.54, 1.807) is 11.8 Å². The van der Waals surface area contributed by atoms with Crippen LogP contribution in [0.4, 0.5) is 10.5 Å². The summed E-state index contributed by atoms with van der Waals surface area (Å²) in [5.41, 5.74) is 3.15. The molecule has 2 amide bonds. The second-order valence-electron chi connectivity index (χ2n) is 6.88. The molecular formula is C24H24N2O2S. The van der Waals surface area contributed by atoms with Crippen LogP contribution in [0.1, 0.15) is 23.4 Å². The highest BCUT2D eigenvalue weighted by Gasteiger charge is 2.31. The van der Waals surface area contributed by atoms with Crippen LogP contribution in [0.2, 0.25) is 0 Å². The van der Waals surface area contributed by atoms with Crippen molar-refractivity contribution in [2.45, 2.75) is 18.7 Å². The van der Waals surface area contributed by atoms with E-state index < -0.39 is 0 Å². The molecular weight excluding hydrogens is 380 g/mol. The Labute approximate surface area is 175 Å². The summed E-state index contributed by atoms with van der Waals surface area (Å²) in [6.07, 6.45) is 0.987. The van der Waals surface area contributed by atoms with Crippen molar-refractivity contribution in [1.29, 1.82) is 0 Å². The van der Waals surface area contributed by atoms with Crippen molar-refractivity contribution in [3.63, 3.8) is 0 Å². The van der Waals surface area contributed by atoms with Crippen LogP contribution < -0.4 is 10.1 Å². The van der Waals surface area contributed by atoms with Crippen LogP contribution >= 0.6 is 11.8 Å². The zero-order chi connectivity index (χ0) is 20.1. The molecule has 148 valence electrons. The van der Waals surface area contributed by atoms with Gasteiger partial charge in [-0.05, 0) is 53.9 Å². The highest BCUT2D eigenvalue weighted by atomic mass is 32.2. The van der Waals surface area contributed by atoms with Gasteiger partial charge in [-0.25, -0.2) is 4.79 Å². The molecule has 3 aromatic carbocycles. The van der Waals surface area contributed by atoms with Crippen molar-refractivity contribution < 1.29 is 9.53 Å². The fourth-order valence-electron chi connectivity index (χ4n) is 3.33. The number of urea groups is 1. The van der Waals surface area contributed by atoms with Crippen molar-refractivity contribution >= 4 is 23.5 Å². The van der Waals surface area contributed by atoms with Crippen molar-refractivity contribution in [1.82, 2.24) is 4.90 Å². The second-order valence-corrected chi connectivity index (χ2v) is 8.07. The Kier molecular flexibility index (Phi) is 6.06. The molecule has 1 aliphatic rings. The summed E-state index contributed by atoms with van der Waals surface area (Å²) in [6.45, 7) is 2.84. The number of amides is 2. The van der Waals surface area contributed by atoms with Crippen molar-refractivity contribution in [3.8, 4) is 11.5 Å². The Morgan fingerprint density at radius 3 is 2.55 bits per heavy atom. The number of nitrogens with zero attached hydrogens (tertiary/aromatic N) is 1. The lowest BCUT2D eigenvalue weighted by Crippen LogP contribution is -2.34. The normalized spacial score (nSPS) is 15.9. The lowest BCUT2D eigenvalue weighted by molar-refractivity contribution is 0.214. The number of carbonyl (C=O) groups excluding carboxylic acids is 1. The van der Waals surface area contributed by atoms with Gasteiger partial charge in [0.25, 0.3) is 0 Å². The van der Waals surface area contributed by atoms with Crippen LogP contribution in [-0.4, -0.2) is 23.2 Å². The summed E-state index contributed by atoms with van der Waals surface area (Å²) >= 11 is 1.77.